The highest BCUT2D eigenvalue weighted by Gasteiger charge is 2.02. The molecule has 0 saturated carbocycles. The number of pyridine rings is 1. The molecule has 0 bridgehead atoms. The molecule has 2 heterocycles. The maximum Gasteiger partial charge on any atom is 0.208 e. The molecule has 0 aliphatic rings. The second-order valence-corrected chi connectivity index (χ2v) is 3.69. The SMILES string of the molecule is CCc1cnc(CNCc2cncc(F)c2)o1. The summed E-state index contributed by atoms with van der Waals surface area (Å²) in [7, 11) is 0. The molecular weight excluding hydrogens is 221 g/mol. The topological polar surface area (TPSA) is 51.0 Å². The summed E-state index contributed by atoms with van der Waals surface area (Å²) in [6, 6.07) is 1.45. The maximum atomic E-state index is 12.8. The lowest BCUT2D eigenvalue weighted by molar-refractivity contribution is 0.438. The maximum absolute atomic E-state index is 12.8. The standard InChI is InChI=1S/C12H14FN3O/c1-2-11-7-16-12(17-11)8-15-5-9-3-10(13)6-14-4-9/h3-4,6-7,15H,2,5,8H2,1H3. The van der Waals surface area contributed by atoms with Crippen LogP contribution in [0.4, 0.5) is 4.39 Å². The fourth-order valence-corrected chi connectivity index (χ4v) is 1.46. The molecule has 4 nitrogen and oxygen atoms in total. The van der Waals surface area contributed by atoms with E-state index < -0.39 is 0 Å². The molecule has 0 fully saturated rings. The Morgan fingerprint density at radius 1 is 1.29 bits per heavy atom. The monoisotopic (exact) mass is 235 g/mol. The van der Waals surface area contributed by atoms with Gasteiger partial charge in [-0.15, -0.1) is 0 Å². The molecule has 2 rings (SSSR count). The van der Waals surface area contributed by atoms with Crippen molar-refractivity contribution in [3.63, 3.8) is 0 Å². The van der Waals surface area contributed by atoms with Gasteiger partial charge in [-0.05, 0) is 11.6 Å². The van der Waals surface area contributed by atoms with Gasteiger partial charge in [0.25, 0.3) is 0 Å². The molecule has 0 amide bonds. The summed E-state index contributed by atoms with van der Waals surface area (Å²) in [6.45, 7) is 3.07. The van der Waals surface area contributed by atoms with E-state index in [1.807, 2.05) is 6.92 Å². The van der Waals surface area contributed by atoms with Crippen molar-refractivity contribution in [1.29, 1.82) is 0 Å². The van der Waals surface area contributed by atoms with Crippen molar-refractivity contribution in [2.45, 2.75) is 26.4 Å². The predicted octanol–water partition coefficient (Wildman–Crippen LogP) is 2.06. The van der Waals surface area contributed by atoms with Crippen molar-refractivity contribution < 1.29 is 8.81 Å². The average Bonchev–Trinajstić information content (AvgIpc) is 2.77. The van der Waals surface area contributed by atoms with E-state index in [1.165, 1.54) is 12.3 Å². The quantitative estimate of drug-likeness (QED) is 0.861. The highest BCUT2D eigenvalue weighted by Crippen LogP contribution is 2.04. The zero-order valence-corrected chi connectivity index (χ0v) is 9.61. The predicted molar refractivity (Wildman–Crippen MR) is 60.6 cm³/mol. The molecular formula is C12H14FN3O. The van der Waals surface area contributed by atoms with Gasteiger partial charge in [-0.1, -0.05) is 6.92 Å². The third kappa shape index (κ3) is 3.35. The van der Waals surface area contributed by atoms with Crippen molar-refractivity contribution in [2.24, 2.45) is 0 Å². The first-order chi connectivity index (χ1) is 8.28. The van der Waals surface area contributed by atoms with Crippen molar-refractivity contribution in [3.8, 4) is 0 Å². The van der Waals surface area contributed by atoms with Gasteiger partial charge in [0, 0.05) is 19.2 Å². The molecule has 0 aliphatic heterocycles. The summed E-state index contributed by atoms with van der Waals surface area (Å²) in [5.74, 6) is 1.19. The number of rotatable bonds is 5. The first-order valence-corrected chi connectivity index (χ1v) is 5.51. The first kappa shape index (κ1) is 11.7. The van der Waals surface area contributed by atoms with Crippen LogP contribution in [-0.2, 0) is 19.5 Å². The van der Waals surface area contributed by atoms with Crippen molar-refractivity contribution in [2.75, 3.05) is 0 Å². The first-order valence-electron chi connectivity index (χ1n) is 5.51. The molecule has 1 N–H and O–H groups in total. The van der Waals surface area contributed by atoms with Crippen molar-refractivity contribution in [3.05, 3.63) is 47.7 Å². The number of nitrogens with one attached hydrogen (secondary N) is 1. The lowest BCUT2D eigenvalue weighted by Gasteiger charge is -2.01. The molecule has 0 aromatic carbocycles. The highest BCUT2D eigenvalue weighted by atomic mass is 19.1. The van der Waals surface area contributed by atoms with E-state index >= 15 is 0 Å². The number of aryl methyl sites for hydroxylation is 1. The average molecular weight is 235 g/mol. The number of hydrogen-bond donors (Lipinski definition) is 1. The third-order valence-electron chi connectivity index (χ3n) is 2.32. The van der Waals surface area contributed by atoms with E-state index in [0.29, 0.717) is 19.0 Å². The molecule has 0 radical (unpaired) electrons. The highest BCUT2D eigenvalue weighted by molar-refractivity contribution is 5.09. The van der Waals surface area contributed by atoms with Gasteiger partial charge in [-0.3, -0.25) is 4.98 Å². The van der Waals surface area contributed by atoms with Gasteiger partial charge in [-0.2, -0.15) is 0 Å². The zero-order valence-electron chi connectivity index (χ0n) is 9.61. The molecule has 5 heteroatoms. The fourth-order valence-electron chi connectivity index (χ4n) is 1.46. The van der Waals surface area contributed by atoms with Crippen LogP contribution in [0.1, 0.15) is 24.1 Å². The smallest absolute Gasteiger partial charge is 0.208 e. The minimum atomic E-state index is -0.325. The van der Waals surface area contributed by atoms with E-state index in [-0.39, 0.29) is 5.82 Å². The Hall–Kier alpha value is -1.75. The molecule has 17 heavy (non-hydrogen) atoms. The molecule has 0 atom stereocenters. The molecule has 0 spiro atoms. The van der Waals surface area contributed by atoms with E-state index in [4.69, 9.17) is 4.42 Å². The van der Waals surface area contributed by atoms with Crippen LogP contribution in [0.2, 0.25) is 0 Å². The fraction of sp³-hybridized carbons (Fsp3) is 0.333. The Kier molecular flexibility index (Phi) is 3.82. The largest absolute Gasteiger partial charge is 0.444 e. The summed E-state index contributed by atoms with van der Waals surface area (Å²) in [4.78, 5) is 7.89. The molecule has 0 saturated heterocycles. The summed E-state index contributed by atoms with van der Waals surface area (Å²) < 4.78 is 18.3. The van der Waals surface area contributed by atoms with Crippen LogP contribution in [-0.4, -0.2) is 9.97 Å². The van der Waals surface area contributed by atoms with Gasteiger partial charge < -0.3 is 9.73 Å². The van der Waals surface area contributed by atoms with Gasteiger partial charge in [0.1, 0.15) is 11.6 Å². The Labute approximate surface area is 98.9 Å². The van der Waals surface area contributed by atoms with Crippen LogP contribution >= 0.6 is 0 Å². The van der Waals surface area contributed by atoms with Gasteiger partial charge in [0.2, 0.25) is 5.89 Å². The van der Waals surface area contributed by atoms with Crippen molar-refractivity contribution in [1.82, 2.24) is 15.3 Å². The lowest BCUT2D eigenvalue weighted by Crippen LogP contribution is -2.13. The van der Waals surface area contributed by atoms with Gasteiger partial charge in [0.05, 0.1) is 18.9 Å². The number of hydrogen-bond acceptors (Lipinski definition) is 4. The molecule has 2 aromatic rings. The van der Waals surface area contributed by atoms with Crippen LogP contribution < -0.4 is 5.32 Å². The Balaban J connectivity index is 1.83. The minimum Gasteiger partial charge on any atom is -0.444 e. The van der Waals surface area contributed by atoms with Gasteiger partial charge in [-0.25, -0.2) is 9.37 Å². The number of oxazole rings is 1. The zero-order chi connectivity index (χ0) is 12.1. The molecule has 90 valence electrons. The summed E-state index contributed by atoms with van der Waals surface area (Å²) in [6.07, 6.45) is 5.37. The van der Waals surface area contributed by atoms with E-state index in [0.717, 1.165) is 17.7 Å². The minimum absolute atomic E-state index is 0.325. The lowest BCUT2D eigenvalue weighted by atomic mass is 10.3. The number of nitrogens with zero attached hydrogens (tertiary/aromatic N) is 2. The van der Waals surface area contributed by atoms with Gasteiger partial charge >= 0.3 is 0 Å². The molecule has 2 aromatic heterocycles. The summed E-state index contributed by atoms with van der Waals surface area (Å²) in [5, 5.41) is 3.12. The van der Waals surface area contributed by atoms with E-state index in [2.05, 4.69) is 15.3 Å². The summed E-state index contributed by atoms with van der Waals surface area (Å²) in [5.41, 5.74) is 0.798. The Morgan fingerprint density at radius 2 is 2.18 bits per heavy atom. The Bertz CT molecular complexity index is 484. The van der Waals surface area contributed by atoms with Crippen LogP contribution in [0, 0.1) is 5.82 Å². The molecule has 0 unspecified atom stereocenters. The number of aromatic nitrogens is 2. The summed E-state index contributed by atoms with van der Waals surface area (Å²) >= 11 is 0. The normalized spacial score (nSPS) is 10.7. The van der Waals surface area contributed by atoms with Crippen LogP contribution in [0.3, 0.4) is 0 Å². The second-order valence-electron chi connectivity index (χ2n) is 3.69. The van der Waals surface area contributed by atoms with Crippen LogP contribution in [0.25, 0.3) is 0 Å². The van der Waals surface area contributed by atoms with Gasteiger partial charge in [0.15, 0.2) is 0 Å². The number of halogens is 1. The third-order valence-corrected chi connectivity index (χ3v) is 2.32. The molecule has 0 aliphatic carbocycles. The second kappa shape index (κ2) is 5.54. The van der Waals surface area contributed by atoms with E-state index in [9.17, 15) is 4.39 Å². The van der Waals surface area contributed by atoms with Crippen LogP contribution in [0.5, 0.6) is 0 Å². The van der Waals surface area contributed by atoms with Crippen molar-refractivity contribution >= 4 is 0 Å². The Morgan fingerprint density at radius 3 is 2.88 bits per heavy atom. The van der Waals surface area contributed by atoms with Crippen LogP contribution in [0.15, 0.2) is 29.1 Å². The van der Waals surface area contributed by atoms with E-state index in [1.54, 1.807) is 12.4 Å².